The second kappa shape index (κ2) is 28.6. The zero-order valence-electron chi connectivity index (χ0n) is 46.2. The summed E-state index contributed by atoms with van der Waals surface area (Å²) in [6, 6.07) is 44.6. The Morgan fingerprint density at radius 1 is 0.580 bits per heavy atom. The zero-order chi connectivity index (χ0) is 58.2. The van der Waals surface area contributed by atoms with Crippen LogP contribution in [0.4, 0.5) is 4.79 Å². The van der Waals surface area contributed by atoms with Crippen LogP contribution in [0.2, 0.25) is 0 Å². The molecule has 430 valence electrons. The number of fused-ring (bicyclic) bond motifs is 2. The predicted molar refractivity (Wildman–Crippen MR) is 293 cm³/mol. The maximum Gasteiger partial charge on any atom is 0.408 e. The molecule has 1 amide bonds. The van der Waals surface area contributed by atoms with Crippen molar-refractivity contribution in [1.29, 1.82) is 0 Å². The average molecular weight is 1130 g/mol. The lowest BCUT2D eigenvalue weighted by molar-refractivity contribution is -0.207. The molecule has 2 unspecified atom stereocenters. The van der Waals surface area contributed by atoms with Gasteiger partial charge >= 0.3 is 25.6 Å². The van der Waals surface area contributed by atoms with E-state index in [0.29, 0.717) is 23.1 Å². The van der Waals surface area contributed by atoms with E-state index in [1.807, 2.05) is 97.9 Å². The van der Waals surface area contributed by atoms with E-state index in [1.54, 1.807) is 88.4 Å². The smallest absolute Gasteiger partial charge is 0.408 e. The molecule has 0 spiro atoms. The van der Waals surface area contributed by atoms with E-state index in [0.717, 1.165) is 16.7 Å². The Balaban J connectivity index is 0.000000201. The summed E-state index contributed by atoms with van der Waals surface area (Å²) < 4.78 is 71.7. The minimum Gasteiger partial charge on any atom is -0.459 e. The van der Waals surface area contributed by atoms with Gasteiger partial charge in [0.1, 0.15) is 44.0 Å². The van der Waals surface area contributed by atoms with Gasteiger partial charge in [0.05, 0.1) is 17.2 Å². The van der Waals surface area contributed by atoms with Crippen LogP contribution in [-0.2, 0) is 90.1 Å². The summed E-state index contributed by atoms with van der Waals surface area (Å²) in [7, 11) is -0.663. The molecule has 4 aliphatic rings. The van der Waals surface area contributed by atoms with E-state index < -0.39 is 80.2 Å². The molecule has 0 aliphatic carbocycles. The number of benzene rings is 5. The largest absolute Gasteiger partial charge is 0.459 e. The van der Waals surface area contributed by atoms with Crippen molar-refractivity contribution in [3.63, 3.8) is 0 Å². The number of esters is 2. The van der Waals surface area contributed by atoms with Crippen LogP contribution in [0.15, 0.2) is 163 Å². The topological polar surface area (TPSA) is 233 Å². The number of Topliss-reactive ketones (excluding diaryl/α,β-unsaturated/α-hetero) is 2. The molecule has 19 nitrogen and oxygen atoms in total. The van der Waals surface area contributed by atoms with Crippen LogP contribution < -0.4 is 5.32 Å². The number of nitrogens with one attached hydrogen (secondary N) is 1. The highest BCUT2D eigenvalue weighted by Crippen LogP contribution is 2.47. The van der Waals surface area contributed by atoms with Gasteiger partial charge in [0, 0.05) is 26.6 Å². The Morgan fingerprint density at radius 3 is 1.51 bits per heavy atom. The van der Waals surface area contributed by atoms with Gasteiger partial charge in [-0.05, 0) is 86.7 Å². The van der Waals surface area contributed by atoms with Crippen LogP contribution in [0.25, 0.3) is 0 Å². The van der Waals surface area contributed by atoms with Crippen molar-refractivity contribution < 1.29 is 85.0 Å². The monoisotopic (exact) mass is 1130 g/mol. The highest BCUT2D eigenvalue weighted by Gasteiger charge is 2.55. The normalized spacial score (nSPS) is 22.3. The molecule has 1 N–H and O–H groups in total. The lowest BCUT2D eigenvalue weighted by Crippen LogP contribution is -2.42. The molecular formula is C61H68NO18P. The predicted octanol–water partition coefficient (Wildman–Crippen LogP) is 8.96. The highest BCUT2D eigenvalue weighted by molar-refractivity contribution is 7.54. The molecule has 0 radical (unpaired) electrons. The van der Waals surface area contributed by atoms with Crippen molar-refractivity contribution in [2.24, 2.45) is 5.92 Å². The summed E-state index contributed by atoms with van der Waals surface area (Å²) in [6.07, 6.45) is -3.20. The minimum absolute atomic E-state index is 0.0622. The first-order valence-electron chi connectivity index (χ1n) is 26.3. The Hall–Kier alpha value is -7.03. The van der Waals surface area contributed by atoms with Crippen LogP contribution in [0.1, 0.15) is 72.0 Å². The number of carbonyl (C=O) groups is 6. The van der Waals surface area contributed by atoms with Crippen molar-refractivity contribution in [3.8, 4) is 0 Å². The van der Waals surface area contributed by atoms with Crippen LogP contribution in [0.5, 0.6) is 0 Å². The fourth-order valence-corrected chi connectivity index (χ4v) is 9.94. The van der Waals surface area contributed by atoms with Crippen molar-refractivity contribution >= 4 is 43.0 Å². The number of hydrogen-bond donors (Lipinski definition) is 1. The molecule has 8 atom stereocenters. The Kier molecular flexibility index (Phi) is 21.7. The lowest BCUT2D eigenvalue weighted by atomic mass is 9.98. The average Bonchev–Trinajstić information content (AvgIpc) is 4.23. The summed E-state index contributed by atoms with van der Waals surface area (Å²) in [5.74, 6) is -3.74. The molecule has 81 heavy (non-hydrogen) atoms. The van der Waals surface area contributed by atoms with Crippen molar-refractivity contribution in [2.45, 2.75) is 109 Å². The molecule has 5 aromatic rings. The number of ether oxygens (including phenoxy) is 9. The fourth-order valence-electron chi connectivity index (χ4n) is 8.84. The number of rotatable bonds is 20. The minimum atomic E-state index is -3.25. The summed E-state index contributed by atoms with van der Waals surface area (Å²) >= 11 is 0. The van der Waals surface area contributed by atoms with E-state index in [-0.39, 0.29) is 55.7 Å². The summed E-state index contributed by atoms with van der Waals surface area (Å²) in [5.41, 5.74) is 4.05. The number of carbonyl (C=O) groups excluding carboxylic acids is 6. The molecule has 0 saturated carbocycles. The molecule has 0 bridgehead atoms. The number of hydrogen-bond acceptors (Lipinski definition) is 18. The first-order chi connectivity index (χ1) is 38.7. The van der Waals surface area contributed by atoms with Gasteiger partial charge in [-0.3, -0.25) is 18.9 Å². The molecule has 4 aliphatic heterocycles. The fraction of sp³-hybridized carbons (Fsp3) is 0.377. The molecule has 4 fully saturated rings. The number of amides is 1. The Morgan fingerprint density at radius 2 is 1.01 bits per heavy atom. The van der Waals surface area contributed by atoms with E-state index in [2.05, 4.69) is 5.32 Å². The standard InChI is InChI=1S/C33H33NO8.C15H16O6.C13H19O4P/c1-33(2)41-29-25(28(40-31(29)42-33)21-38-30(36)24-16-10-5-11-17-24)19-27(35)26(18-22-12-6-3-7-13-22)34-32(37)39-20-23-14-8-4-9-15-23;1-15(2)20-12-11(16)10(19-14(12)21-15)8-18-13(17)9-6-4-3-5-7-9;1-11(9-12-7-5-4-6-8-12)13(14)10-18(15,16-2)17-3/h3-17,19,26,28-29,31H,18,20-21H2,1-2H3,(H,34,37);3-7,10,12,14H,8H2,1-2H3;4-8,11H,9-10H2,1-3H3/t26-,28+,29?,31+;10-,12?,14-;11-/m010/s1. The van der Waals surface area contributed by atoms with Crippen molar-refractivity contribution in [1.82, 2.24) is 5.32 Å². The van der Waals surface area contributed by atoms with Crippen LogP contribution >= 0.6 is 7.60 Å². The Labute approximate surface area is 471 Å². The zero-order valence-corrected chi connectivity index (χ0v) is 47.1. The molecule has 4 heterocycles. The van der Waals surface area contributed by atoms with Crippen LogP contribution in [0, 0.1) is 5.92 Å². The van der Waals surface area contributed by atoms with Gasteiger partial charge in [0.15, 0.2) is 47.9 Å². The number of ketones is 3. The maximum absolute atomic E-state index is 13.8. The summed E-state index contributed by atoms with van der Waals surface area (Å²) in [5, 5.41) is 2.72. The SMILES string of the molecule is CC1(C)OC2C(=CC(=O)[C@H](Cc3ccccc3)NC(=O)OCc3ccccc3)[C@@H](COC(=O)c3ccccc3)O[C@@H]2O1.CC1(C)OC2C(=O)[C@@H](COC(=O)c3ccccc3)O[C@@H]2O1.COP(=O)(CC(=O)[C@@H](C)Cc1ccccc1)OC. The van der Waals surface area contributed by atoms with E-state index in [9.17, 15) is 33.3 Å². The first-order valence-corrected chi connectivity index (χ1v) is 28.0. The van der Waals surface area contributed by atoms with Crippen LogP contribution in [-0.4, -0.2) is 124 Å². The lowest BCUT2D eigenvalue weighted by Gasteiger charge is -2.22. The molecule has 0 aromatic heterocycles. The second-order valence-electron chi connectivity index (χ2n) is 20.1. The Bertz CT molecular complexity index is 2970. The maximum atomic E-state index is 13.8. The van der Waals surface area contributed by atoms with Gasteiger partial charge in [-0.1, -0.05) is 134 Å². The van der Waals surface area contributed by atoms with Crippen molar-refractivity contribution in [3.05, 3.63) is 191 Å². The second-order valence-corrected chi connectivity index (χ2v) is 22.4. The third-order valence-corrected chi connectivity index (χ3v) is 14.9. The molecule has 4 saturated heterocycles. The third kappa shape index (κ3) is 18.0. The summed E-state index contributed by atoms with van der Waals surface area (Å²) in [6.45, 7) is 8.52. The number of alkyl carbamates (subject to hydrolysis) is 1. The van der Waals surface area contributed by atoms with Gasteiger partial charge in [-0.25, -0.2) is 14.4 Å². The van der Waals surface area contributed by atoms with Gasteiger partial charge in [0.25, 0.3) is 0 Å². The summed E-state index contributed by atoms with van der Waals surface area (Å²) in [4.78, 5) is 75.0. The molecular weight excluding hydrogens is 1070 g/mol. The van der Waals surface area contributed by atoms with Gasteiger partial charge < -0.3 is 57.0 Å². The third-order valence-electron chi connectivity index (χ3n) is 13.0. The van der Waals surface area contributed by atoms with E-state index in [1.165, 1.54) is 20.3 Å². The van der Waals surface area contributed by atoms with Crippen molar-refractivity contribution in [2.75, 3.05) is 33.6 Å². The molecule has 20 heteroatoms. The first kappa shape index (κ1) is 61.6. The van der Waals surface area contributed by atoms with Gasteiger partial charge in [-0.2, -0.15) is 0 Å². The van der Waals surface area contributed by atoms with Gasteiger partial charge in [-0.15, -0.1) is 0 Å². The van der Waals surface area contributed by atoms with E-state index in [4.69, 9.17) is 51.7 Å². The molecule has 9 rings (SSSR count). The highest BCUT2D eigenvalue weighted by atomic mass is 31.2. The van der Waals surface area contributed by atoms with E-state index >= 15 is 0 Å². The van der Waals surface area contributed by atoms with Gasteiger partial charge in [0.2, 0.25) is 0 Å². The van der Waals surface area contributed by atoms with Crippen LogP contribution in [0.3, 0.4) is 0 Å². The quantitative estimate of drug-likeness (QED) is 0.0331. The molecule has 5 aromatic carbocycles.